The molecule has 0 radical (unpaired) electrons. The van der Waals surface area contributed by atoms with Crippen LogP contribution >= 0.6 is 0 Å². The third-order valence-electron chi connectivity index (χ3n) is 1.92. The van der Waals surface area contributed by atoms with Crippen molar-refractivity contribution in [2.24, 2.45) is 5.73 Å². The maximum Gasteiger partial charge on any atom is 0.192 e. The summed E-state index contributed by atoms with van der Waals surface area (Å²) in [5, 5.41) is 0. The fourth-order valence-corrected chi connectivity index (χ4v) is 1.35. The molecule has 0 saturated heterocycles. The Labute approximate surface area is 93.4 Å². The maximum absolute atomic E-state index is 13.4. The van der Waals surface area contributed by atoms with Crippen LogP contribution in [0.3, 0.4) is 0 Å². The van der Waals surface area contributed by atoms with E-state index in [1.54, 1.807) is 6.92 Å². The summed E-state index contributed by atoms with van der Waals surface area (Å²) in [7, 11) is 0. The van der Waals surface area contributed by atoms with E-state index in [1.807, 2.05) is 0 Å². The van der Waals surface area contributed by atoms with Crippen LogP contribution in [0.15, 0.2) is 12.1 Å². The highest BCUT2D eigenvalue weighted by Crippen LogP contribution is 2.23. The Balaban J connectivity index is 2.94. The van der Waals surface area contributed by atoms with Gasteiger partial charge in [0.2, 0.25) is 0 Å². The van der Waals surface area contributed by atoms with Gasteiger partial charge in [0, 0.05) is 6.04 Å². The quantitative estimate of drug-likeness (QED) is 0.794. The lowest BCUT2D eigenvalue weighted by Gasteiger charge is -2.09. The standard InChI is InChI=1S/C12H13F2NO/c1-3-4-16-12-10(13)6-9(5-8(2)15)7-11(12)14/h1,6-8H,4-5,15H2,2H3. The minimum absolute atomic E-state index is 0.156. The summed E-state index contributed by atoms with van der Waals surface area (Å²) in [6, 6.07) is 2.26. The van der Waals surface area contributed by atoms with E-state index in [1.165, 1.54) is 12.1 Å². The molecule has 0 amide bonds. The molecule has 1 aromatic rings. The second kappa shape index (κ2) is 5.47. The predicted octanol–water partition coefficient (Wildman–Crippen LogP) is 1.87. The van der Waals surface area contributed by atoms with Crippen LogP contribution in [0.2, 0.25) is 0 Å². The van der Waals surface area contributed by atoms with Crippen LogP contribution in [0.1, 0.15) is 12.5 Å². The summed E-state index contributed by atoms with van der Waals surface area (Å²) in [6.07, 6.45) is 5.34. The zero-order valence-electron chi connectivity index (χ0n) is 8.97. The Morgan fingerprint density at radius 3 is 2.44 bits per heavy atom. The monoisotopic (exact) mass is 225 g/mol. The van der Waals surface area contributed by atoms with E-state index < -0.39 is 17.4 Å². The lowest BCUT2D eigenvalue weighted by Crippen LogP contribution is -2.18. The van der Waals surface area contributed by atoms with Gasteiger partial charge in [-0.25, -0.2) is 8.78 Å². The Bertz CT molecular complexity index is 387. The van der Waals surface area contributed by atoms with Gasteiger partial charge in [-0.1, -0.05) is 5.92 Å². The second-order valence-corrected chi connectivity index (χ2v) is 3.56. The highest BCUT2D eigenvalue weighted by atomic mass is 19.1. The molecule has 2 N–H and O–H groups in total. The van der Waals surface area contributed by atoms with Crippen molar-refractivity contribution in [3.63, 3.8) is 0 Å². The number of hydrogen-bond donors (Lipinski definition) is 1. The molecule has 0 heterocycles. The first-order valence-electron chi connectivity index (χ1n) is 4.84. The first-order chi connectivity index (χ1) is 7.54. The number of halogens is 2. The molecule has 0 aromatic heterocycles. The summed E-state index contributed by atoms with van der Waals surface area (Å²) >= 11 is 0. The van der Waals surface area contributed by atoms with Crippen molar-refractivity contribution in [1.82, 2.24) is 0 Å². The molecule has 0 aliphatic rings. The van der Waals surface area contributed by atoms with E-state index in [2.05, 4.69) is 5.92 Å². The average molecular weight is 225 g/mol. The van der Waals surface area contributed by atoms with Crippen LogP contribution in [0.5, 0.6) is 5.75 Å². The number of terminal acetylenes is 1. The van der Waals surface area contributed by atoms with Crippen molar-refractivity contribution in [2.75, 3.05) is 6.61 Å². The van der Waals surface area contributed by atoms with Crippen molar-refractivity contribution < 1.29 is 13.5 Å². The van der Waals surface area contributed by atoms with Crippen molar-refractivity contribution in [3.8, 4) is 18.1 Å². The molecule has 0 saturated carbocycles. The molecule has 0 spiro atoms. The van der Waals surface area contributed by atoms with Gasteiger partial charge < -0.3 is 10.5 Å². The van der Waals surface area contributed by atoms with E-state index in [4.69, 9.17) is 16.9 Å². The lowest BCUT2D eigenvalue weighted by molar-refractivity contribution is 0.326. The van der Waals surface area contributed by atoms with Crippen molar-refractivity contribution >= 4 is 0 Å². The van der Waals surface area contributed by atoms with Gasteiger partial charge in [-0.15, -0.1) is 6.42 Å². The Kier molecular flexibility index (Phi) is 4.27. The van der Waals surface area contributed by atoms with E-state index in [-0.39, 0.29) is 12.6 Å². The summed E-state index contributed by atoms with van der Waals surface area (Å²) in [4.78, 5) is 0. The molecular weight excluding hydrogens is 212 g/mol. The Morgan fingerprint density at radius 2 is 2.00 bits per heavy atom. The third-order valence-corrected chi connectivity index (χ3v) is 1.92. The van der Waals surface area contributed by atoms with Gasteiger partial charge in [0.05, 0.1) is 0 Å². The first-order valence-corrected chi connectivity index (χ1v) is 4.84. The van der Waals surface area contributed by atoms with Crippen molar-refractivity contribution in [3.05, 3.63) is 29.3 Å². The van der Waals surface area contributed by atoms with Gasteiger partial charge in [-0.2, -0.15) is 0 Å². The van der Waals surface area contributed by atoms with E-state index in [9.17, 15) is 8.78 Å². The zero-order chi connectivity index (χ0) is 12.1. The number of nitrogens with two attached hydrogens (primary N) is 1. The summed E-state index contributed by atoms with van der Waals surface area (Å²) in [6.45, 7) is 1.60. The van der Waals surface area contributed by atoms with Crippen molar-refractivity contribution in [1.29, 1.82) is 0 Å². The smallest absolute Gasteiger partial charge is 0.192 e. The molecule has 86 valence electrons. The minimum atomic E-state index is -0.758. The van der Waals surface area contributed by atoms with E-state index >= 15 is 0 Å². The van der Waals surface area contributed by atoms with Crippen LogP contribution in [0.25, 0.3) is 0 Å². The van der Waals surface area contributed by atoms with Crippen LogP contribution < -0.4 is 10.5 Å². The van der Waals surface area contributed by atoms with Gasteiger partial charge in [-0.05, 0) is 31.0 Å². The molecule has 1 aromatic carbocycles. The Hall–Kier alpha value is -1.60. The van der Waals surface area contributed by atoms with E-state index in [0.717, 1.165) is 0 Å². The molecule has 0 aliphatic heterocycles. The zero-order valence-corrected chi connectivity index (χ0v) is 8.97. The van der Waals surface area contributed by atoms with Crippen LogP contribution in [-0.2, 0) is 6.42 Å². The molecule has 4 heteroatoms. The van der Waals surface area contributed by atoms with Gasteiger partial charge >= 0.3 is 0 Å². The molecule has 0 fully saturated rings. The third kappa shape index (κ3) is 3.21. The molecule has 1 rings (SSSR count). The fraction of sp³-hybridized carbons (Fsp3) is 0.333. The Morgan fingerprint density at radius 1 is 1.44 bits per heavy atom. The number of ether oxygens (including phenoxy) is 1. The molecule has 0 bridgehead atoms. The maximum atomic E-state index is 13.4. The SMILES string of the molecule is C#CCOc1c(F)cc(CC(C)N)cc1F. The van der Waals surface area contributed by atoms with Crippen LogP contribution in [-0.4, -0.2) is 12.6 Å². The van der Waals surface area contributed by atoms with Gasteiger partial charge in [0.15, 0.2) is 17.4 Å². The minimum Gasteiger partial charge on any atom is -0.475 e. The lowest BCUT2D eigenvalue weighted by atomic mass is 10.1. The van der Waals surface area contributed by atoms with Crippen molar-refractivity contribution in [2.45, 2.75) is 19.4 Å². The molecule has 1 unspecified atom stereocenters. The predicted molar refractivity (Wildman–Crippen MR) is 58.0 cm³/mol. The largest absolute Gasteiger partial charge is 0.475 e. The molecule has 1 atom stereocenters. The second-order valence-electron chi connectivity index (χ2n) is 3.56. The van der Waals surface area contributed by atoms with Crippen LogP contribution in [0.4, 0.5) is 8.78 Å². The summed E-state index contributed by atoms with van der Waals surface area (Å²) in [5.74, 6) is 0.187. The molecule has 0 aliphatic carbocycles. The fourth-order valence-electron chi connectivity index (χ4n) is 1.35. The molecule has 16 heavy (non-hydrogen) atoms. The number of benzene rings is 1. The van der Waals surface area contributed by atoms with E-state index in [0.29, 0.717) is 12.0 Å². The summed E-state index contributed by atoms with van der Waals surface area (Å²) in [5.41, 5.74) is 6.04. The molecule has 2 nitrogen and oxygen atoms in total. The average Bonchev–Trinajstić information content (AvgIpc) is 2.15. The highest BCUT2D eigenvalue weighted by Gasteiger charge is 2.12. The van der Waals surface area contributed by atoms with Crippen LogP contribution in [0, 0.1) is 24.0 Å². The molecular formula is C12H13F2NO. The van der Waals surface area contributed by atoms with Gasteiger partial charge in [0.25, 0.3) is 0 Å². The topological polar surface area (TPSA) is 35.2 Å². The van der Waals surface area contributed by atoms with Gasteiger partial charge in [0.1, 0.15) is 6.61 Å². The normalized spacial score (nSPS) is 11.9. The highest BCUT2D eigenvalue weighted by molar-refractivity contribution is 5.32. The first kappa shape index (κ1) is 12.5. The summed E-state index contributed by atoms with van der Waals surface area (Å²) < 4.78 is 31.6. The van der Waals surface area contributed by atoms with Gasteiger partial charge in [-0.3, -0.25) is 0 Å². The number of hydrogen-bond acceptors (Lipinski definition) is 2. The number of rotatable bonds is 4.